The molecule has 7 nitrogen and oxygen atoms in total. The molecule has 1 N–H and O–H groups in total. The van der Waals surface area contributed by atoms with Crippen molar-refractivity contribution >= 4 is 10.0 Å². The van der Waals surface area contributed by atoms with Crippen molar-refractivity contribution in [2.75, 3.05) is 47.1 Å². The predicted octanol–water partition coefficient (Wildman–Crippen LogP) is 0.703. The van der Waals surface area contributed by atoms with Gasteiger partial charge in [0.2, 0.25) is 10.0 Å². The third-order valence-corrected chi connectivity index (χ3v) is 5.26. The molecule has 0 aliphatic carbocycles. The summed E-state index contributed by atoms with van der Waals surface area (Å²) >= 11 is 0. The summed E-state index contributed by atoms with van der Waals surface area (Å²) in [6, 6.07) is 4.48. The van der Waals surface area contributed by atoms with Crippen LogP contribution in [-0.4, -0.2) is 66.4 Å². The maximum Gasteiger partial charge on any atom is 0.244 e. The van der Waals surface area contributed by atoms with Crippen molar-refractivity contribution in [2.24, 2.45) is 0 Å². The van der Waals surface area contributed by atoms with E-state index in [-0.39, 0.29) is 16.7 Å². The number of ether oxygens (including phenoxy) is 3. The number of sulfonamides is 1. The van der Waals surface area contributed by atoms with E-state index in [1.54, 1.807) is 12.1 Å². The maximum absolute atomic E-state index is 12.6. The second-order valence-corrected chi connectivity index (χ2v) is 7.13. The molecule has 1 aromatic rings. The van der Waals surface area contributed by atoms with Crippen molar-refractivity contribution in [1.29, 1.82) is 0 Å². The Hall–Kier alpha value is -1.35. The molecule has 0 unspecified atom stereocenters. The molecule has 1 heterocycles. The van der Waals surface area contributed by atoms with Gasteiger partial charge in [0.1, 0.15) is 16.4 Å². The van der Waals surface area contributed by atoms with Crippen molar-refractivity contribution in [2.45, 2.75) is 17.9 Å². The highest BCUT2D eigenvalue weighted by Crippen LogP contribution is 2.28. The smallest absolute Gasteiger partial charge is 0.244 e. The van der Waals surface area contributed by atoms with Crippen LogP contribution >= 0.6 is 0 Å². The zero-order chi connectivity index (χ0) is 16.9. The van der Waals surface area contributed by atoms with E-state index >= 15 is 0 Å². The molecule has 0 radical (unpaired) electrons. The molecule has 1 saturated heterocycles. The average molecular weight is 344 g/mol. The molecule has 1 fully saturated rings. The summed E-state index contributed by atoms with van der Waals surface area (Å²) < 4.78 is 43.5. The second-order valence-electron chi connectivity index (χ2n) is 5.45. The molecule has 1 aliphatic rings. The van der Waals surface area contributed by atoms with Gasteiger partial charge in [-0.2, -0.15) is 0 Å². The van der Waals surface area contributed by atoms with Gasteiger partial charge in [-0.25, -0.2) is 13.1 Å². The van der Waals surface area contributed by atoms with Gasteiger partial charge in [-0.15, -0.1) is 0 Å². The Balaban J connectivity index is 2.11. The Labute approximate surface area is 137 Å². The molecular weight excluding hydrogens is 320 g/mol. The quantitative estimate of drug-likeness (QED) is 0.785. The summed E-state index contributed by atoms with van der Waals surface area (Å²) in [6.45, 7) is 5.48. The zero-order valence-corrected chi connectivity index (χ0v) is 14.6. The monoisotopic (exact) mass is 344 g/mol. The normalized spacial score (nSPS) is 17.7. The zero-order valence-electron chi connectivity index (χ0n) is 13.7. The Kier molecular flexibility index (Phi) is 6.23. The number of nitrogens with zero attached hydrogens (tertiary/aromatic N) is 1. The van der Waals surface area contributed by atoms with Crippen LogP contribution in [0.3, 0.4) is 0 Å². The van der Waals surface area contributed by atoms with Gasteiger partial charge < -0.3 is 14.2 Å². The highest BCUT2D eigenvalue weighted by Gasteiger charge is 2.24. The molecule has 2 rings (SSSR count). The van der Waals surface area contributed by atoms with E-state index in [9.17, 15) is 8.42 Å². The SMILES string of the molecule is COc1ccc(OC)c(S(=O)(=O)N[C@@H](C)CN2CCOCC2)c1. The number of rotatable bonds is 7. The molecule has 23 heavy (non-hydrogen) atoms. The van der Waals surface area contributed by atoms with E-state index in [1.807, 2.05) is 6.92 Å². The molecule has 0 bridgehead atoms. The van der Waals surface area contributed by atoms with E-state index in [0.717, 1.165) is 13.1 Å². The molecule has 1 atom stereocenters. The molecule has 0 saturated carbocycles. The van der Waals surface area contributed by atoms with E-state index in [0.29, 0.717) is 25.5 Å². The van der Waals surface area contributed by atoms with Crippen LogP contribution in [0.15, 0.2) is 23.1 Å². The largest absolute Gasteiger partial charge is 0.497 e. The molecular formula is C15H24N2O5S. The Morgan fingerprint density at radius 1 is 1.26 bits per heavy atom. The molecule has 1 aliphatic heterocycles. The Bertz CT molecular complexity index is 614. The van der Waals surface area contributed by atoms with Crippen molar-refractivity contribution in [3.63, 3.8) is 0 Å². The molecule has 1 aromatic carbocycles. The second kappa shape index (κ2) is 7.96. The van der Waals surface area contributed by atoms with Gasteiger partial charge in [0.05, 0.1) is 27.4 Å². The topological polar surface area (TPSA) is 77.1 Å². The van der Waals surface area contributed by atoms with Gasteiger partial charge in [-0.1, -0.05) is 0 Å². The molecule has 0 spiro atoms. The van der Waals surface area contributed by atoms with E-state index in [2.05, 4.69) is 9.62 Å². The van der Waals surface area contributed by atoms with Gasteiger partial charge in [-0.05, 0) is 19.1 Å². The fourth-order valence-electron chi connectivity index (χ4n) is 2.53. The first-order valence-corrected chi connectivity index (χ1v) is 8.99. The number of benzene rings is 1. The first-order chi connectivity index (χ1) is 11.0. The van der Waals surface area contributed by atoms with Crippen LogP contribution in [0.5, 0.6) is 11.5 Å². The number of methoxy groups -OCH3 is 2. The standard InChI is InChI=1S/C15H24N2O5S/c1-12(11-17-6-8-22-9-7-17)16-23(18,19)15-10-13(20-2)4-5-14(15)21-3/h4-5,10,12,16H,6-9,11H2,1-3H3/t12-/m0/s1. The maximum atomic E-state index is 12.6. The predicted molar refractivity (Wildman–Crippen MR) is 86.6 cm³/mol. The first-order valence-electron chi connectivity index (χ1n) is 7.50. The molecule has 0 amide bonds. The minimum Gasteiger partial charge on any atom is -0.497 e. The lowest BCUT2D eigenvalue weighted by atomic mass is 10.3. The van der Waals surface area contributed by atoms with Crippen LogP contribution in [-0.2, 0) is 14.8 Å². The van der Waals surface area contributed by atoms with Gasteiger partial charge in [0, 0.05) is 31.7 Å². The first kappa shape index (κ1) is 18.0. The van der Waals surface area contributed by atoms with Crippen LogP contribution in [0.4, 0.5) is 0 Å². The van der Waals surface area contributed by atoms with Crippen molar-refractivity contribution in [3.8, 4) is 11.5 Å². The van der Waals surface area contributed by atoms with E-state index < -0.39 is 10.0 Å². The fourth-order valence-corrected chi connectivity index (χ4v) is 3.95. The summed E-state index contributed by atoms with van der Waals surface area (Å²) in [5.41, 5.74) is 0. The third-order valence-electron chi connectivity index (χ3n) is 3.65. The minimum atomic E-state index is -3.70. The van der Waals surface area contributed by atoms with Crippen molar-refractivity contribution in [1.82, 2.24) is 9.62 Å². The molecule has 8 heteroatoms. The van der Waals surface area contributed by atoms with Crippen molar-refractivity contribution < 1.29 is 22.6 Å². The average Bonchev–Trinajstić information content (AvgIpc) is 2.54. The lowest BCUT2D eigenvalue weighted by Gasteiger charge is -2.29. The number of hydrogen-bond donors (Lipinski definition) is 1. The molecule has 0 aromatic heterocycles. The van der Waals surface area contributed by atoms with Crippen LogP contribution in [0.2, 0.25) is 0 Å². The van der Waals surface area contributed by atoms with Gasteiger partial charge in [-0.3, -0.25) is 4.90 Å². The van der Waals surface area contributed by atoms with Crippen LogP contribution < -0.4 is 14.2 Å². The third kappa shape index (κ3) is 4.81. The van der Waals surface area contributed by atoms with Gasteiger partial charge >= 0.3 is 0 Å². The fraction of sp³-hybridized carbons (Fsp3) is 0.600. The lowest BCUT2D eigenvalue weighted by molar-refractivity contribution is 0.0354. The lowest BCUT2D eigenvalue weighted by Crippen LogP contribution is -2.45. The summed E-state index contributed by atoms with van der Waals surface area (Å²) in [4.78, 5) is 2.26. The molecule has 130 valence electrons. The Morgan fingerprint density at radius 2 is 1.96 bits per heavy atom. The number of nitrogens with one attached hydrogen (secondary N) is 1. The van der Waals surface area contributed by atoms with E-state index in [1.165, 1.54) is 20.3 Å². The van der Waals surface area contributed by atoms with Gasteiger partial charge in [0.15, 0.2) is 0 Å². The highest BCUT2D eigenvalue weighted by atomic mass is 32.2. The minimum absolute atomic E-state index is 0.0770. The number of morpholine rings is 1. The van der Waals surface area contributed by atoms with Crippen LogP contribution in [0, 0.1) is 0 Å². The van der Waals surface area contributed by atoms with Gasteiger partial charge in [0.25, 0.3) is 0 Å². The van der Waals surface area contributed by atoms with Crippen molar-refractivity contribution in [3.05, 3.63) is 18.2 Å². The summed E-state index contributed by atoms with van der Waals surface area (Å²) in [7, 11) is -0.763. The highest BCUT2D eigenvalue weighted by molar-refractivity contribution is 7.89. The summed E-state index contributed by atoms with van der Waals surface area (Å²) in [6.07, 6.45) is 0. The van der Waals surface area contributed by atoms with Crippen LogP contribution in [0.1, 0.15) is 6.92 Å². The van der Waals surface area contributed by atoms with Crippen LogP contribution in [0.25, 0.3) is 0 Å². The number of hydrogen-bond acceptors (Lipinski definition) is 6. The summed E-state index contributed by atoms with van der Waals surface area (Å²) in [5.74, 6) is 0.754. The summed E-state index contributed by atoms with van der Waals surface area (Å²) in [5, 5.41) is 0. The van der Waals surface area contributed by atoms with E-state index in [4.69, 9.17) is 14.2 Å². The Morgan fingerprint density at radius 3 is 2.57 bits per heavy atom.